The van der Waals surface area contributed by atoms with Gasteiger partial charge in [-0.05, 0) is 44.7 Å². The lowest BCUT2D eigenvalue weighted by atomic mass is 10.1. The maximum Gasteiger partial charge on any atom is 0.272 e. The van der Waals surface area contributed by atoms with Gasteiger partial charge >= 0.3 is 0 Å². The highest BCUT2D eigenvalue weighted by Crippen LogP contribution is 2.37. The van der Waals surface area contributed by atoms with E-state index in [1.807, 2.05) is 4.90 Å². The number of nitrogens with zero attached hydrogens (tertiary/aromatic N) is 3. The first-order chi connectivity index (χ1) is 9.19. The molecule has 1 aliphatic carbocycles. The summed E-state index contributed by atoms with van der Waals surface area (Å²) in [4.78, 5) is 23.1. The molecule has 2 atom stereocenters. The molecule has 2 aliphatic rings. The second-order valence-corrected chi connectivity index (χ2v) is 5.72. The molecule has 1 aromatic heterocycles. The minimum atomic E-state index is 0.0211. The lowest BCUT2D eigenvalue weighted by Gasteiger charge is -2.21. The van der Waals surface area contributed by atoms with Crippen molar-refractivity contribution in [3.8, 4) is 0 Å². The number of aromatic nitrogens is 2. The van der Waals surface area contributed by atoms with Crippen LogP contribution in [-0.2, 0) is 0 Å². The first-order valence-corrected chi connectivity index (χ1v) is 7.03. The van der Waals surface area contributed by atoms with Gasteiger partial charge in [-0.2, -0.15) is 0 Å². The van der Waals surface area contributed by atoms with Crippen molar-refractivity contribution in [1.29, 1.82) is 0 Å². The summed E-state index contributed by atoms with van der Waals surface area (Å²) in [5, 5.41) is 0. The minimum absolute atomic E-state index is 0.0211. The topological polar surface area (TPSA) is 72.1 Å². The summed E-state index contributed by atoms with van der Waals surface area (Å²) < 4.78 is 0. The first-order valence-electron chi connectivity index (χ1n) is 7.03. The van der Waals surface area contributed by atoms with Gasteiger partial charge in [0.05, 0.1) is 0 Å². The fourth-order valence-electron chi connectivity index (χ4n) is 2.77. The van der Waals surface area contributed by atoms with Gasteiger partial charge in [-0.3, -0.25) is 4.79 Å². The van der Waals surface area contributed by atoms with Gasteiger partial charge in [0, 0.05) is 24.7 Å². The zero-order valence-electron chi connectivity index (χ0n) is 11.2. The fraction of sp³-hybridized carbons (Fsp3) is 0.643. The van der Waals surface area contributed by atoms with E-state index in [2.05, 4.69) is 16.9 Å². The molecule has 5 heteroatoms. The highest BCUT2D eigenvalue weighted by atomic mass is 16.2. The van der Waals surface area contributed by atoms with Gasteiger partial charge in [-0.1, -0.05) is 0 Å². The lowest BCUT2D eigenvalue weighted by Crippen LogP contribution is -2.35. The molecule has 3 rings (SSSR count). The Balaban J connectivity index is 1.78. The van der Waals surface area contributed by atoms with Crippen molar-refractivity contribution in [3.63, 3.8) is 0 Å². The molecule has 0 bridgehead atoms. The summed E-state index contributed by atoms with van der Waals surface area (Å²) >= 11 is 0. The van der Waals surface area contributed by atoms with Crippen LogP contribution in [0.4, 0.5) is 0 Å². The van der Waals surface area contributed by atoms with Gasteiger partial charge < -0.3 is 10.6 Å². The Hall–Kier alpha value is -1.49. The Labute approximate surface area is 113 Å². The Morgan fingerprint density at radius 3 is 2.95 bits per heavy atom. The molecule has 2 N–H and O–H groups in total. The zero-order valence-corrected chi connectivity index (χ0v) is 11.2. The molecule has 0 radical (unpaired) electrons. The van der Waals surface area contributed by atoms with E-state index >= 15 is 0 Å². The van der Waals surface area contributed by atoms with E-state index in [4.69, 9.17) is 5.73 Å². The minimum Gasteiger partial charge on any atom is -0.334 e. The lowest BCUT2D eigenvalue weighted by molar-refractivity contribution is 0.0737. The van der Waals surface area contributed by atoms with E-state index in [1.165, 1.54) is 0 Å². The molecule has 0 spiro atoms. The van der Waals surface area contributed by atoms with Gasteiger partial charge in [-0.15, -0.1) is 0 Å². The van der Waals surface area contributed by atoms with Gasteiger partial charge in [-0.25, -0.2) is 9.97 Å². The van der Waals surface area contributed by atoms with E-state index in [9.17, 15) is 4.79 Å². The molecule has 19 heavy (non-hydrogen) atoms. The Morgan fingerprint density at radius 1 is 1.53 bits per heavy atom. The van der Waals surface area contributed by atoms with Crippen LogP contribution in [-0.4, -0.2) is 39.9 Å². The quantitative estimate of drug-likeness (QED) is 0.885. The smallest absolute Gasteiger partial charge is 0.272 e. The van der Waals surface area contributed by atoms with Crippen LogP contribution in [0.3, 0.4) is 0 Å². The zero-order chi connectivity index (χ0) is 13.4. The molecule has 102 valence electrons. The molecule has 5 nitrogen and oxygen atoms in total. The Morgan fingerprint density at radius 2 is 2.32 bits per heavy atom. The number of amides is 1. The Bertz CT molecular complexity index is 486. The number of carbonyl (C=O) groups excluding carboxylic acids is 1. The van der Waals surface area contributed by atoms with E-state index in [0.717, 1.165) is 31.6 Å². The van der Waals surface area contributed by atoms with E-state index < -0.39 is 0 Å². The van der Waals surface area contributed by atoms with Crippen LogP contribution in [0.1, 0.15) is 48.4 Å². The molecule has 0 aromatic carbocycles. The van der Waals surface area contributed by atoms with Crippen LogP contribution in [0.25, 0.3) is 0 Å². The number of nitrogens with two attached hydrogens (primary N) is 1. The van der Waals surface area contributed by atoms with Crippen molar-refractivity contribution in [2.24, 2.45) is 11.7 Å². The van der Waals surface area contributed by atoms with Crippen LogP contribution in [0.15, 0.2) is 12.3 Å². The van der Waals surface area contributed by atoms with Crippen molar-refractivity contribution < 1.29 is 4.79 Å². The van der Waals surface area contributed by atoms with Gasteiger partial charge in [0.2, 0.25) is 0 Å². The summed E-state index contributed by atoms with van der Waals surface area (Å²) in [6.07, 6.45) is 4.98. The molecular formula is C14H20N4O. The third-order valence-electron chi connectivity index (χ3n) is 4.09. The molecule has 2 heterocycles. The molecule has 1 saturated heterocycles. The van der Waals surface area contributed by atoms with Gasteiger partial charge in [0.1, 0.15) is 11.5 Å². The molecule has 1 aliphatic heterocycles. The number of hydrogen-bond acceptors (Lipinski definition) is 4. The van der Waals surface area contributed by atoms with Crippen LogP contribution < -0.4 is 5.73 Å². The third-order valence-corrected chi connectivity index (χ3v) is 4.09. The maximum absolute atomic E-state index is 12.5. The molecule has 1 amide bonds. The molecule has 1 saturated carbocycles. The van der Waals surface area contributed by atoms with Crippen LogP contribution in [0.5, 0.6) is 0 Å². The largest absolute Gasteiger partial charge is 0.334 e. The summed E-state index contributed by atoms with van der Waals surface area (Å²) in [5.41, 5.74) is 6.23. The predicted molar refractivity (Wildman–Crippen MR) is 71.7 cm³/mol. The fourth-order valence-corrected chi connectivity index (χ4v) is 2.77. The van der Waals surface area contributed by atoms with E-state index in [1.54, 1.807) is 12.3 Å². The molecule has 2 unspecified atom stereocenters. The summed E-state index contributed by atoms with van der Waals surface area (Å²) in [6.45, 7) is 3.47. The third kappa shape index (κ3) is 2.47. The number of rotatable bonds is 3. The number of hydrogen-bond donors (Lipinski definition) is 1. The molecule has 2 fully saturated rings. The summed E-state index contributed by atoms with van der Waals surface area (Å²) in [6, 6.07) is 1.97. The predicted octanol–water partition coefficient (Wildman–Crippen LogP) is 1.16. The van der Waals surface area contributed by atoms with Crippen molar-refractivity contribution in [3.05, 3.63) is 23.8 Å². The monoisotopic (exact) mass is 260 g/mol. The van der Waals surface area contributed by atoms with Crippen molar-refractivity contribution >= 4 is 5.91 Å². The standard InChI is InChI=1S/C14H20N4O/c1-9-6-10(7-15)8-18(9)14(19)12-4-5-16-13(17-12)11-2-3-11/h4-5,9-11H,2-3,6-8,15H2,1H3. The average Bonchev–Trinajstić information content (AvgIpc) is 3.21. The van der Waals surface area contributed by atoms with Crippen LogP contribution in [0.2, 0.25) is 0 Å². The van der Waals surface area contributed by atoms with Crippen molar-refractivity contribution in [2.45, 2.75) is 38.1 Å². The highest BCUT2D eigenvalue weighted by molar-refractivity contribution is 5.92. The first kappa shape index (κ1) is 12.5. The molecular weight excluding hydrogens is 240 g/mol. The van der Waals surface area contributed by atoms with Crippen molar-refractivity contribution in [2.75, 3.05) is 13.1 Å². The van der Waals surface area contributed by atoms with Crippen LogP contribution in [0, 0.1) is 5.92 Å². The van der Waals surface area contributed by atoms with E-state index in [0.29, 0.717) is 24.1 Å². The Kier molecular flexibility index (Phi) is 3.22. The van der Waals surface area contributed by atoms with Gasteiger partial charge in [0.15, 0.2) is 0 Å². The summed E-state index contributed by atoms with van der Waals surface area (Å²) in [7, 11) is 0. The highest BCUT2D eigenvalue weighted by Gasteiger charge is 2.33. The number of likely N-dealkylation sites (tertiary alicyclic amines) is 1. The van der Waals surface area contributed by atoms with E-state index in [-0.39, 0.29) is 11.9 Å². The molecule has 1 aromatic rings. The van der Waals surface area contributed by atoms with Gasteiger partial charge in [0.25, 0.3) is 5.91 Å². The normalized spacial score (nSPS) is 26.7. The average molecular weight is 260 g/mol. The second kappa shape index (κ2) is 4.89. The SMILES string of the molecule is CC1CC(CN)CN1C(=O)c1ccnc(C2CC2)n1. The van der Waals surface area contributed by atoms with Crippen LogP contribution >= 0.6 is 0 Å². The van der Waals surface area contributed by atoms with Crippen molar-refractivity contribution in [1.82, 2.24) is 14.9 Å². The maximum atomic E-state index is 12.5. The number of carbonyl (C=O) groups is 1. The second-order valence-electron chi connectivity index (χ2n) is 5.72. The summed E-state index contributed by atoms with van der Waals surface area (Å²) in [5.74, 6) is 1.74.